The molecule has 0 aliphatic rings. The van der Waals surface area contributed by atoms with E-state index in [9.17, 15) is 0 Å². The maximum absolute atomic E-state index is 15.5. The van der Waals surface area contributed by atoms with Gasteiger partial charge in [0.05, 0.1) is 16.7 Å². The van der Waals surface area contributed by atoms with Crippen molar-refractivity contribution in [3.8, 4) is 51.0 Å². The molecule has 0 unspecified atom stereocenters. The molecule has 2 heterocycles. The van der Waals surface area contributed by atoms with Gasteiger partial charge in [0, 0.05) is 38.6 Å². The standard InChI is InChI=1S/C40H27FN4/c1-26-20-22-33-31-17-9-11-19-35(31)45(36(33)24-26)37-25-29(21-23-32(37)30-16-8-10-18-34(30)41)40-43-38(27-12-4-2-5-13-27)42-39(44-40)28-14-6-3-7-15-28/h2-25H,1H3. The molecule has 0 bridgehead atoms. The Kier molecular flexibility index (Phi) is 6.50. The number of aromatic nitrogens is 4. The van der Waals surface area contributed by atoms with E-state index in [1.54, 1.807) is 6.07 Å². The Morgan fingerprint density at radius 2 is 1.04 bits per heavy atom. The zero-order valence-electron chi connectivity index (χ0n) is 24.5. The van der Waals surface area contributed by atoms with Crippen LogP contribution in [-0.4, -0.2) is 19.5 Å². The predicted molar refractivity (Wildman–Crippen MR) is 181 cm³/mol. The molecule has 0 fully saturated rings. The molecule has 6 aromatic carbocycles. The van der Waals surface area contributed by atoms with Gasteiger partial charge in [-0.1, -0.05) is 121 Å². The van der Waals surface area contributed by atoms with Crippen molar-refractivity contribution < 1.29 is 4.39 Å². The van der Waals surface area contributed by atoms with Crippen molar-refractivity contribution in [3.05, 3.63) is 157 Å². The van der Waals surface area contributed by atoms with Crippen LogP contribution in [0.15, 0.2) is 146 Å². The van der Waals surface area contributed by atoms with Crippen LogP contribution in [0.3, 0.4) is 0 Å². The lowest BCUT2D eigenvalue weighted by atomic mass is 10.00. The van der Waals surface area contributed by atoms with E-state index in [1.165, 1.54) is 6.07 Å². The summed E-state index contributed by atoms with van der Waals surface area (Å²) >= 11 is 0. The highest BCUT2D eigenvalue weighted by Crippen LogP contribution is 2.39. The second-order valence-electron chi connectivity index (χ2n) is 11.1. The first-order chi connectivity index (χ1) is 22.1. The van der Waals surface area contributed by atoms with Gasteiger partial charge in [0.1, 0.15) is 5.82 Å². The van der Waals surface area contributed by atoms with E-state index in [0.29, 0.717) is 23.0 Å². The molecule has 214 valence electrons. The van der Waals surface area contributed by atoms with Gasteiger partial charge >= 0.3 is 0 Å². The lowest BCUT2D eigenvalue weighted by molar-refractivity contribution is 0.631. The van der Waals surface area contributed by atoms with Gasteiger partial charge in [-0.2, -0.15) is 0 Å². The lowest BCUT2D eigenvalue weighted by Gasteiger charge is -2.17. The molecule has 2 aromatic heterocycles. The molecular formula is C40H27FN4. The van der Waals surface area contributed by atoms with Crippen LogP contribution in [0.25, 0.3) is 72.8 Å². The van der Waals surface area contributed by atoms with Gasteiger partial charge in [-0.3, -0.25) is 0 Å². The Bertz CT molecular complexity index is 2290. The molecule has 4 nitrogen and oxygen atoms in total. The second-order valence-corrected chi connectivity index (χ2v) is 11.1. The van der Waals surface area contributed by atoms with E-state index in [2.05, 4.69) is 54.0 Å². The lowest BCUT2D eigenvalue weighted by Crippen LogP contribution is -2.02. The highest BCUT2D eigenvalue weighted by Gasteiger charge is 2.20. The zero-order valence-corrected chi connectivity index (χ0v) is 24.5. The van der Waals surface area contributed by atoms with Crippen molar-refractivity contribution in [2.75, 3.05) is 0 Å². The van der Waals surface area contributed by atoms with Crippen molar-refractivity contribution in [1.29, 1.82) is 0 Å². The average molecular weight is 583 g/mol. The summed E-state index contributed by atoms with van der Waals surface area (Å²) in [5.41, 5.74) is 8.00. The highest BCUT2D eigenvalue weighted by atomic mass is 19.1. The number of halogens is 1. The smallest absolute Gasteiger partial charge is 0.164 e. The third-order valence-corrected chi connectivity index (χ3v) is 8.19. The first-order valence-corrected chi connectivity index (χ1v) is 14.9. The molecular weight excluding hydrogens is 555 g/mol. The van der Waals surface area contributed by atoms with Gasteiger partial charge in [-0.25, -0.2) is 19.3 Å². The van der Waals surface area contributed by atoms with Crippen LogP contribution < -0.4 is 0 Å². The van der Waals surface area contributed by atoms with E-state index in [1.807, 2.05) is 91.0 Å². The molecule has 0 saturated carbocycles. The van der Waals surface area contributed by atoms with E-state index < -0.39 is 0 Å². The van der Waals surface area contributed by atoms with E-state index >= 15 is 4.39 Å². The fourth-order valence-electron chi connectivity index (χ4n) is 6.04. The van der Waals surface area contributed by atoms with Crippen LogP contribution in [0.2, 0.25) is 0 Å². The largest absolute Gasteiger partial charge is 0.309 e. The number of fused-ring (bicyclic) bond motifs is 3. The predicted octanol–water partition coefficient (Wildman–Crippen LogP) is 10.1. The van der Waals surface area contributed by atoms with E-state index in [0.717, 1.165) is 55.3 Å². The summed E-state index contributed by atoms with van der Waals surface area (Å²) in [5, 5.41) is 2.27. The van der Waals surface area contributed by atoms with Crippen LogP contribution in [0.5, 0.6) is 0 Å². The van der Waals surface area contributed by atoms with Gasteiger partial charge in [0.25, 0.3) is 0 Å². The Morgan fingerprint density at radius 1 is 0.467 bits per heavy atom. The van der Waals surface area contributed by atoms with Crippen molar-refractivity contribution in [1.82, 2.24) is 19.5 Å². The summed E-state index contributed by atoms with van der Waals surface area (Å²) < 4.78 is 17.7. The van der Waals surface area contributed by atoms with Crippen LogP contribution in [-0.2, 0) is 0 Å². The fourth-order valence-corrected chi connectivity index (χ4v) is 6.04. The number of aryl methyl sites for hydroxylation is 1. The molecule has 0 spiro atoms. The van der Waals surface area contributed by atoms with Gasteiger partial charge in [0.15, 0.2) is 17.5 Å². The van der Waals surface area contributed by atoms with Gasteiger partial charge in [-0.15, -0.1) is 0 Å². The minimum Gasteiger partial charge on any atom is -0.309 e. The number of rotatable bonds is 5. The monoisotopic (exact) mass is 582 g/mol. The molecule has 8 aromatic rings. The van der Waals surface area contributed by atoms with Crippen LogP contribution in [0, 0.1) is 12.7 Å². The Balaban J connectivity index is 1.43. The molecule has 0 N–H and O–H groups in total. The van der Waals surface area contributed by atoms with Crippen LogP contribution >= 0.6 is 0 Å². The number of hydrogen-bond donors (Lipinski definition) is 0. The maximum atomic E-state index is 15.5. The molecule has 45 heavy (non-hydrogen) atoms. The van der Waals surface area contributed by atoms with E-state index in [4.69, 9.17) is 15.0 Å². The first kappa shape index (κ1) is 26.7. The molecule has 0 amide bonds. The minimum absolute atomic E-state index is 0.277. The maximum Gasteiger partial charge on any atom is 0.164 e. The number of benzene rings is 6. The van der Waals surface area contributed by atoms with Gasteiger partial charge < -0.3 is 4.57 Å². The highest BCUT2D eigenvalue weighted by molar-refractivity contribution is 6.10. The molecule has 8 rings (SSSR count). The number of nitrogens with zero attached hydrogens (tertiary/aromatic N) is 4. The summed E-state index contributed by atoms with van der Waals surface area (Å²) in [5.74, 6) is 1.45. The second kappa shape index (κ2) is 11.0. The van der Waals surface area contributed by atoms with Crippen LogP contribution in [0.4, 0.5) is 4.39 Å². The Hall–Kier alpha value is -5.94. The normalized spacial score (nSPS) is 11.3. The molecule has 0 atom stereocenters. The summed E-state index contributed by atoms with van der Waals surface area (Å²) in [7, 11) is 0. The number of para-hydroxylation sites is 1. The molecule has 0 aliphatic heterocycles. The van der Waals surface area contributed by atoms with Gasteiger partial charge in [0.2, 0.25) is 0 Å². The third-order valence-electron chi connectivity index (χ3n) is 8.19. The Morgan fingerprint density at radius 3 is 1.73 bits per heavy atom. The SMILES string of the molecule is Cc1ccc2c3ccccc3n(-c3cc(-c4nc(-c5ccccc5)nc(-c5ccccc5)n4)ccc3-c3ccccc3F)c2c1. The van der Waals surface area contributed by atoms with E-state index in [-0.39, 0.29) is 5.82 Å². The first-order valence-electron chi connectivity index (χ1n) is 14.9. The van der Waals surface area contributed by atoms with Crippen LogP contribution in [0.1, 0.15) is 5.56 Å². The van der Waals surface area contributed by atoms with Crippen molar-refractivity contribution in [2.45, 2.75) is 6.92 Å². The Labute approximate surface area is 260 Å². The molecule has 0 radical (unpaired) electrons. The quantitative estimate of drug-likeness (QED) is 0.203. The number of hydrogen-bond acceptors (Lipinski definition) is 3. The zero-order chi connectivity index (χ0) is 30.3. The molecule has 0 aliphatic carbocycles. The summed E-state index contributed by atoms with van der Waals surface area (Å²) in [6.45, 7) is 2.09. The van der Waals surface area contributed by atoms with Crippen molar-refractivity contribution >= 4 is 21.8 Å². The van der Waals surface area contributed by atoms with Gasteiger partial charge in [-0.05, 0) is 36.8 Å². The third kappa shape index (κ3) is 4.75. The molecule has 0 saturated heterocycles. The average Bonchev–Trinajstić information content (AvgIpc) is 3.42. The topological polar surface area (TPSA) is 43.6 Å². The summed E-state index contributed by atoms with van der Waals surface area (Å²) in [4.78, 5) is 14.8. The summed E-state index contributed by atoms with van der Waals surface area (Å²) in [6, 6.07) is 47.7. The van der Waals surface area contributed by atoms with Crippen molar-refractivity contribution in [2.24, 2.45) is 0 Å². The molecule has 5 heteroatoms. The summed E-state index contributed by atoms with van der Waals surface area (Å²) in [6.07, 6.45) is 0. The minimum atomic E-state index is -0.277. The fraction of sp³-hybridized carbons (Fsp3) is 0.0250. The van der Waals surface area contributed by atoms with Crippen molar-refractivity contribution in [3.63, 3.8) is 0 Å².